The first-order valence-corrected chi connectivity index (χ1v) is 7.91. The maximum Gasteiger partial charge on any atom is 0.231 e. The van der Waals surface area contributed by atoms with E-state index in [1.54, 1.807) is 36.7 Å². The van der Waals surface area contributed by atoms with E-state index in [0.29, 0.717) is 29.0 Å². The number of hydrogen-bond donors (Lipinski definition) is 1. The fourth-order valence-corrected chi connectivity index (χ4v) is 2.30. The van der Waals surface area contributed by atoms with Gasteiger partial charge in [-0.1, -0.05) is 32.9 Å². The summed E-state index contributed by atoms with van der Waals surface area (Å²) in [4.78, 5) is 12.5. The Morgan fingerprint density at radius 1 is 1.00 bits per heavy atom. The van der Waals surface area contributed by atoms with E-state index in [0.717, 1.165) is 0 Å². The van der Waals surface area contributed by atoms with E-state index in [1.165, 1.54) is 6.07 Å². The summed E-state index contributed by atoms with van der Waals surface area (Å²) in [5.41, 5.74) is 0.372. The molecular weight excluding hydrogens is 319 g/mol. The lowest BCUT2D eigenvalue weighted by Gasteiger charge is -2.20. The molecule has 0 aliphatic rings. The third-order valence-corrected chi connectivity index (χ3v) is 3.51. The standard InChI is InChI=1S/C19H19FN4O/c1-19(2,3)14-8-7-13(12-15(14)20)25-17-9-11-22-18(24-17)23-16-6-4-5-10-21-16/h4-12H,1-3H3,(H,21,22,23,24). The number of anilines is 2. The van der Waals surface area contributed by atoms with E-state index < -0.39 is 0 Å². The Bertz CT molecular complexity index is 863. The predicted molar refractivity (Wildman–Crippen MR) is 94.7 cm³/mol. The first kappa shape index (κ1) is 16.8. The number of pyridine rings is 1. The van der Waals surface area contributed by atoms with Gasteiger partial charge in [-0.15, -0.1) is 0 Å². The minimum atomic E-state index is -0.300. The van der Waals surface area contributed by atoms with Gasteiger partial charge in [0.05, 0.1) is 0 Å². The van der Waals surface area contributed by atoms with Gasteiger partial charge in [0.2, 0.25) is 11.8 Å². The number of aromatic nitrogens is 3. The van der Waals surface area contributed by atoms with Gasteiger partial charge in [-0.05, 0) is 29.2 Å². The van der Waals surface area contributed by atoms with Crippen molar-refractivity contribution < 1.29 is 9.13 Å². The van der Waals surface area contributed by atoms with Crippen LogP contribution in [-0.2, 0) is 5.41 Å². The molecule has 0 aliphatic heterocycles. The monoisotopic (exact) mass is 338 g/mol. The van der Waals surface area contributed by atoms with Gasteiger partial charge in [0, 0.05) is 24.5 Å². The third kappa shape index (κ3) is 4.29. The molecule has 2 heterocycles. The van der Waals surface area contributed by atoms with Crippen molar-refractivity contribution in [1.29, 1.82) is 0 Å². The van der Waals surface area contributed by atoms with E-state index in [1.807, 2.05) is 32.9 Å². The molecule has 0 atom stereocenters. The highest BCUT2D eigenvalue weighted by molar-refractivity contribution is 5.47. The molecule has 1 N–H and O–H groups in total. The van der Waals surface area contributed by atoms with Crippen LogP contribution in [0.3, 0.4) is 0 Å². The van der Waals surface area contributed by atoms with Crippen LogP contribution in [0.1, 0.15) is 26.3 Å². The van der Waals surface area contributed by atoms with E-state index in [-0.39, 0.29) is 11.2 Å². The lowest BCUT2D eigenvalue weighted by atomic mass is 9.87. The van der Waals surface area contributed by atoms with Crippen molar-refractivity contribution in [1.82, 2.24) is 15.0 Å². The summed E-state index contributed by atoms with van der Waals surface area (Å²) < 4.78 is 19.9. The van der Waals surface area contributed by atoms with Crippen molar-refractivity contribution in [3.05, 3.63) is 66.2 Å². The minimum absolute atomic E-state index is 0.267. The smallest absolute Gasteiger partial charge is 0.231 e. The average Bonchev–Trinajstić information content (AvgIpc) is 2.55. The summed E-state index contributed by atoms with van der Waals surface area (Å²) in [6, 6.07) is 11.9. The predicted octanol–water partition coefficient (Wildman–Crippen LogP) is 4.84. The summed E-state index contributed by atoms with van der Waals surface area (Å²) in [6.07, 6.45) is 3.23. The number of nitrogens with one attached hydrogen (secondary N) is 1. The lowest BCUT2D eigenvalue weighted by molar-refractivity contribution is 0.452. The molecule has 2 aromatic heterocycles. The Morgan fingerprint density at radius 3 is 2.52 bits per heavy atom. The van der Waals surface area contributed by atoms with Gasteiger partial charge < -0.3 is 10.1 Å². The molecular formula is C19H19FN4O. The van der Waals surface area contributed by atoms with Crippen molar-refractivity contribution in [2.75, 3.05) is 5.32 Å². The summed E-state index contributed by atoms with van der Waals surface area (Å²) in [6.45, 7) is 5.89. The van der Waals surface area contributed by atoms with Crippen molar-refractivity contribution in [3.8, 4) is 11.6 Å². The summed E-state index contributed by atoms with van der Waals surface area (Å²) >= 11 is 0. The fourth-order valence-electron chi connectivity index (χ4n) is 2.30. The number of hydrogen-bond acceptors (Lipinski definition) is 5. The van der Waals surface area contributed by atoms with Crippen LogP contribution in [0.4, 0.5) is 16.2 Å². The Balaban J connectivity index is 1.77. The Kier molecular flexibility index (Phi) is 4.61. The lowest BCUT2D eigenvalue weighted by Crippen LogP contribution is -2.13. The maximum atomic E-state index is 14.3. The molecule has 6 heteroatoms. The van der Waals surface area contributed by atoms with Crippen LogP contribution in [0.15, 0.2) is 54.9 Å². The van der Waals surface area contributed by atoms with Crippen LogP contribution in [0.5, 0.6) is 11.6 Å². The zero-order chi connectivity index (χ0) is 17.9. The van der Waals surface area contributed by atoms with Crippen molar-refractivity contribution in [2.24, 2.45) is 0 Å². The summed E-state index contributed by atoms with van der Waals surface area (Å²) in [5.74, 6) is 1.37. The number of nitrogens with zero attached hydrogens (tertiary/aromatic N) is 3. The molecule has 0 amide bonds. The van der Waals surface area contributed by atoms with Crippen molar-refractivity contribution in [3.63, 3.8) is 0 Å². The molecule has 0 saturated heterocycles. The van der Waals surface area contributed by atoms with Gasteiger partial charge in [-0.3, -0.25) is 0 Å². The van der Waals surface area contributed by atoms with Gasteiger partial charge in [-0.2, -0.15) is 4.98 Å². The summed E-state index contributed by atoms with van der Waals surface area (Å²) in [7, 11) is 0. The molecule has 0 radical (unpaired) electrons. The topological polar surface area (TPSA) is 59.9 Å². The van der Waals surface area contributed by atoms with Crippen LogP contribution in [0.25, 0.3) is 0 Å². The average molecular weight is 338 g/mol. The van der Waals surface area contributed by atoms with Crippen LogP contribution in [0, 0.1) is 5.82 Å². The van der Waals surface area contributed by atoms with Crippen molar-refractivity contribution in [2.45, 2.75) is 26.2 Å². The highest BCUT2D eigenvalue weighted by Gasteiger charge is 2.18. The van der Waals surface area contributed by atoms with Crippen LogP contribution in [-0.4, -0.2) is 15.0 Å². The molecule has 0 spiro atoms. The highest BCUT2D eigenvalue weighted by atomic mass is 19.1. The minimum Gasteiger partial charge on any atom is -0.439 e. The maximum absolute atomic E-state index is 14.3. The Hall–Kier alpha value is -3.02. The van der Waals surface area contributed by atoms with Gasteiger partial charge in [0.15, 0.2) is 0 Å². The van der Waals surface area contributed by atoms with E-state index >= 15 is 0 Å². The van der Waals surface area contributed by atoms with Gasteiger partial charge in [0.25, 0.3) is 0 Å². The molecule has 5 nitrogen and oxygen atoms in total. The molecule has 0 saturated carbocycles. The normalized spacial score (nSPS) is 11.2. The Labute approximate surface area is 145 Å². The molecule has 3 rings (SSSR count). The molecule has 3 aromatic rings. The summed E-state index contributed by atoms with van der Waals surface area (Å²) in [5, 5.41) is 2.98. The first-order chi connectivity index (χ1) is 11.9. The quantitative estimate of drug-likeness (QED) is 0.737. The molecule has 0 aliphatic carbocycles. The van der Waals surface area contributed by atoms with Crippen molar-refractivity contribution >= 4 is 11.8 Å². The van der Waals surface area contributed by atoms with Gasteiger partial charge in [0.1, 0.15) is 17.4 Å². The third-order valence-electron chi connectivity index (χ3n) is 3.51. The van der Waals surface area contributed by atoms with Gasteiger partial charge >= 0.3 is 0 Å². The number of ether oxygens (including phenoxy) is 1. The first-order valence-electron chi connectivity index (χ1n) is 7.91. The molecule has 0 fully saturated rings. The van der Waals surface area contributed by atoms with Crippen LogP contribution < -0.4 is 10.1 Å². The van der Waals surface area contributed by atoms with Crippen LogP contribution in [0.2, 0.25) is 0 Å². The fraction of sp³-hybridized carbons (Fsp3) is 0.211. The zero-order valence-corrected chi connectivity index (χ0v) is 14.3. The van der Waals surface area contributed by atoms with E-state index in [4.69, 9.17) is 4.74 Å². The number of benzene rings is 1. The molecule has 128 valence electrons. The largest absolute Gasteiger partial charge is 0.439 e. The van der Waals surface area contributed by atoms with Crippen LogP contribution >= 0.6 is 0 Å². The molecule has 0 bridgehead atoms. The number of rotatable bonds is 4. The second kappa shape index (κ2) is 6.84. The SMILES string of the molecule is CC(C)(C)c1ccc(Oc2ccnc(Nc3ccccn3)n2)cc1F. The van der Waals surface area contributed by atoms with E-state index in [2.05, 4.69) is 20.3 Å². The highest BCUT2D eigenvalue weighted by Crippen LogP contribution is 2.29. The molecule has 0 unspecified atom stereocenters. The second-order valence-electron chi connectivity index (χ2n) is 6.55. The molecule has 25 heavy (non-hydrogen) atoms. The van der Waals surface area contributed by atoms with Gasteiger partial charge in [-0.25, -0.2) is 14.4 Å². The second-order valence-corrected chi connectivity index (χ2v) is 6.55. The zero-order valence-electron chi connectivity index (χ0n) is 14.3. The number of halogens is 1. The Morgan fingerprint density at radius 2 is 1.84 bits per heavy atom. The molecule has 1 aromatic carbocycles. The van der Waals surface area contributed by atoms with E-state index in [9.17, 15) is 4.39 Å².